The summed E-state index contributed by atoms with van der Waals surface area (Å²) in [5, 5.41) is 11.7. The van der Waals surface area contributed by atoms with Crippen molar-refractivity contribution < 1.29 is 19.4 Å². The number of aliphatic carboxylic acids is 1. The van der Waals surface area contributed by atoms with Crippen LogP contribution in [0.5, 0.6) is 0 Å². The van der Waals surface area contributed by atoms with E-state index in [1.165, 1.54) is 7.11 Å². The lowest BCUT2D eigenvalue weighted by atomic mass is 10.0. The molecule has 0 saturated carbocycles. The van der Waals surface area contributed by atoms with E-state index < -0.39 is 24.0 Å². The first-order valence-electron chi connectivity index (χ1n) is 6.56. The second-order valence-corrected chi connectivity index (χ2v) is 5.06. The van der Waals surface area contributed by atoms with Gasteiger partial charge in [-0.15, -0.1) is 0 Å². The van der Waals surface area contributed by atoms with E-state index in [4.69, 9.17) is 9.84 Å². The Kier molecular flexibility index (Phi) is 6.18. The second kappa shape index (κ2) is 7.65. The average Bonchev–Trinajstić information content (AvgIpc) is 2.39. The lowest BCUT2D eigenvalue weighted by Crippen LogP contribution is -2.44. The molecule has 0 aliphatic rings. The van der Waals surface area contributed by atoms with Crippen LogP contribution in [-0.4, -0.2) is 30.1 Å². The molecular weight excluding hydrogens is 258 g/mol. The number of carboxylic acids is 1. The topological polar surface area (TPSA) is 75.6 Å². The molecule has 20 heavy (non-hydrogen) atoms. The molecule has 0 bridgehead atoms. The van der Waals surface area contributed by atoms with Gasteiger partial charge in [0.1, 0.15) is 6.04 Å². The maximum absolute atomic E-state index is 12.2. The number of nitrogens with one attached hydrogen (secondary N) is 1. The Balaban J connectivity index is 2.78. The zero-order valence-corrected chi connectivity index (χ0v) is 12.0. The van der Waals surface area contributed by atoms with Gasteiger partial charge < -0.3 is 15.2 Å². The van der Waals surface area contributed by atoms with Crippen LogP contribution in [0.2, 0.25) is 0 Å². The molecule has 2 N–H and O–H groups in total. The van der Waals surface area contributed by atoms with Crippen molar-refractivity contribution in [1.82, 2.24) is 5.32 Å². The van der Waals surface area contributed by atoms with Crippen LogP contribution in [-0.2, 0) is 14.3 Å². The summed E-state index contributed by atoms with van der Waals surface area (Å²) in [6.45, 7) is 3.82. The number of hydrogen-bond donors (Lipinski definition) is 2. The molecule has 0 fully saturated rings. The van der Waals surface area contributed by atoms with Crippen molar-refractivity contribution in [1.29, 1.82) is 0 Å². The van der Waals surface area contributed by atoms with Gasteiger partial charge in [0.25, 0.3) is 5.91 Å². The van der Waals surface area contributed by atoms with Gasteiger partial charge in [0.2, 0.25) is 0 Å². The van der Waals surface area contributed by atoms with Crippen LogP contribution in [0.25, 0.3) is 0 Å². The SMILES string of the molecule is COC(C(=O)NC(CC(C)C)C(=O)O)c1ccccc1. The monoisotopic (exact) mass is 279 g/mol. The Morgan fingerprint density at radius 2 is 1.85 bits per heavy atom. The number of carbonyl (C=O) groups excluding carboxylic acids is 1. The van der Waals surface area contributed by atoms with Gasteiger partial charge in [-0.1, -0.05) is 44.2 Å². The third-order valence-electron chi connectivity index (χ3n) is 2.90. The molecule has 0 aliphatic heterocycles. The van der Waals surface area contributed by atoms with E-state index in [-0.39, 0.29) is 5.92 Å². The van der Waals surface area contributed by atoms with Crippen LogP contribution in [0, 0.1) is 5.92 Å². The first kappa shape index (κ1) is 16.2. The Labute approximate surface area is 118 Å². The molecule has 0 aliphatic carbocycles. The standard InChI is InChI=1S/C15H21NO4/c1-10(2)9-12(15(18)19)16-14(17)13(20-3)11-7-5-4-6-8-11/h4-8,10,12-13H,9H2,1-3H3,(H,16,17)(H,18,19). The zero-order valence-electron chi connectivity index (χ0n) is 12.0. The van der Waals surface area contributed by atoms with Gasteiger partial charge >= 0.3 is 5.97 Å². The summed E-state index contributed by atoms with van der Waals surface area (Å²) in [6.07, 6.45) is -0.419. The minimum Gasteiger partial charge on any atom is -0.480 e. The molecule has 0 radical (unpaired) electrons. The van der Waals surface area contributed by atoms with Gasteiger partial charge in [-0.25, -0.2) is 4.79 Å². The maximum atomic E-state index is 12.2. The van der Waals surface area contributed by atoms with Crippen molar-refractivity contribution in [3.05, 3.63) is 35.9 Å². The van der Waals surface area contributed by atoms with Crippen molar-refractivity contribution in [3.8, 4) is 0 Å². The van der Waals surface area contributed by atoms with E-state index >= 15 is 0 Å². The summed E-state index contributed by atoms with van der Waals surface area (Å²) >= 11 is 0. The molecule has 1 amide bonds. The molecule has 0 heterocycles. The number of methoxy groups -OCH3 is 1. The molecule has 2 atom stereocenters. The molecule has 0 saturated heterocycles. The van der Waals surface area contributed by atoms with E-state index in [9.17, 15) is 9.59 Å². The van der Waals surface area contributed by atoms with E-state index in [1.54, 1.807) is 24.3 Å². The van der Waals surface area contributed by atoms with E-state index in [0.717, 1.165) is 0 Å². The fourth-order valence-corrected chi connectivity index (χ4v) is 1.96. The van der Waals surface area contributed by atoms with Crippen molar-refractivity contribution in [2.24, 2.45) is 5.92 Å². The predicted molar refractivity (Wildman–Crippen MR) is 75.2 cm³/mol. The minimum atomic E-state index is -1.03. The lowest BCUT2D eigenvalue weighted by Gasteiger charge is -2.20. The fraction of sp³-hybridized carbons (Fsp3) is 0.467. The maximum Gasteiger partial charge on any atom is 0.326 e. The van der Waals surface area contributed by atoms with Crippen molar-refractivity contribution in [2.75, 3.05) is 7.11 Å². The van der Waals surface area contributed by atoms with Gasteiger partial charge in [-0.2, -0.15) is 0 Å². The normalized spacial score (nSPS) is 13.8. The van der Waals surface area contributed by atoms with Gasteiger partial charge in [0.15, 0.2) is 6.10 Å². The molecule has 0 spiro atoms. The van der Waals surface area contributed by atoms with Crippen LogP contribution >= 0.6 is 0 Å². The predicted octanol–water partition coefficient (Wildman–Crippen LogP) is 1.99. The Morgan fingerprint density at radius 1 is 1.25 bits per heavy atom. The van der Waals surface area contributed by atoms with Gasteiger partial charge in [-0.05, 0) is 17.9 Å². The summed E-state index contributed by atoms with van der Waals surface area (Å²) < 4.78 is 5.18. The van der Waals surface area contributed by atoms with Gasteiger partial charge in [-0.3, -0.25) is 4.79 Å². The molecule has 1 aromatic rings. The molecule has 1 rings (SSSR count). The third kappa shape index (κ3) is 4.66. The van der Waals surface area contributed by atoms with Gasteiger partial charge in [0, 0.05) is 7.11 Å². The highest BCUT2D eigenvalue weighted by molar-refractivity contribution is 5.87. The first-order chi connectivity index (χ1) is 9.45. The minimum absolute atomic E-state index is 0.175. The number of carboxylic acid groups (broad SMARTS) is 1. The first-order valence-corrected chi connectivity index (χ1v) is 6.56. The highest BCUT2D eigenvalue weighted by Crippen LogP contribution is 2.17. The van der Waals surface area contributed by atoms with Crippen molar-refractivity contribution in [3.63, 3.8) is 0 Å². The van der Waals surface area contributed by atoms with E-state index in [2.05, 4.69) is 5.32 Å². The van der Waals surface area contributed by atoms with Crippen LogP contribution in [0.1, 0.15) is 31.9 Å². The van der Waals surface area contributed by atoms with Crippen LogP contribution in [0.4, 0.5) is 0 Å². The quantitative estimate of drug-likeness (QED) is 0.800. The molecule has 110 valence electrons. The van der Waals surface area contributed by atoms with Crippen molar-refractivity contribution in [2.45, 2.75) is 32.4 Å². The fourth-order valence-electron chi connectivity index (χ4n) is 1.96. The summed E-state index contributed by atoms with van der Waals surface area (Å²) in [6, 6.07) is 8.09. The summed E-state index contributed by atoms with van der Waals surface area (Å²) in [5.74, 6) is -1.30. The Morgan fingerprint density at radius 3 is 2.30 bits per heavy atom. The average molecular weight is 279 g/mol. The molecular formula is C15H21NO4. The number of rotatable bonds is 7. The van der Waals surface area contributed by atoms with Crippen LogP contribution < -0.4 is 5.32 Å². The van der Waals surface area contributed by atoms with Crippen LogP contribution in [0.3, 0.4) is 0 Å². The van der Waals surface area contributed by atoms with Gasteiger partial charge in [0.05, 0.1) is 0 Å². The third-order valence-corrected chi connectivity index (χ3v) is 2.90. The number of carbonyl (C=O) groups is 2. The number of amides is 1. The lowest BCUT2D eigenvalue weighted by molar-refractivity contribution is -0.144. The van der Waals surface area contributed by atoms with E-state index in [0.29, 0.717) is 12.0 Å². The number of hydrogen-bond acceptors (Lipinski definition) is 3. The Bertz CT molecular complexity index is 444. The summed E-state index contributed by atoms with van der Waals surface area (Å²) in [7, 11) is 1.43. The molecule has 5 nitrogen and oxygen atoms in total. The van der Waals surface area contributed by atoms with Crippen LogP contribution in [0.15, 0.2) is 30.3 Å². The number of ether oxygens (including phenoxy) is 1. The second-order valence-electron chi connectivity index (χ2n) is 5.06. The zero-order chi connectivity index (χ0) is 15.1. The molecule has 2 unspecified atom stereocenters. The highest BCUT2D eigenvalue weighted by Gasteiger charge is 2.26. The smallest absolute Gasteiger partial charge is 0.326 e. The molecule has 0 aromatic heterocycles. The van der Waals surface area contributed by atoms with Crippen molar-refractivity contribution >= 4 is 11.9 Å². The van der Waals surface area contributed by atoms with E-state index in [1.807, 2.05) is 19.9 Å². The molecule has 1 aromatic carbocycles. The summed E-state index contributed by atoms with van der Waals surface area (Å²) in [4.78, 5) is 23.3. The highest BCUT2D eigenvalue weighted by atomic mass is 16.5. The summed E-state index contributed by atoms with van der Waals surface area (Å²) in [5.41, 5.74) is 0.696. The molecule has 5 heteroatoms. The Hall–Kier alpha value is -1.88. The number of benzene rings is 1. The largest absolute Gasteiger partial charge is 0.480 e.